The van der Waals surface area contributed by atoms with E-state index >= 15 is 0 Å². The highest BCUT2D eigenvalue weighted by Gasteiger charge is 2.38. The van der Waals surface area contributed by atoms with Gasteiger partial charge in [0, 0.05) is 31.9 Å². The van der Waals surface area contributed by atoms with Gasteiger partial charge in [-0.15, -0.1) is 0 Å². The summed E-state index contributed by atoms with van der Waals surface area (Å²) in [7, 11) is 3.94. The molecule has 1 N–H and O–H groups in total. The Morgan fingerprint density at radius 1 is 1.26 bits per heavy atom. The van der Waals surface area contributed by atoms with E-state index in [0.717, 1.165) is 11.4 Å². The van der Waals surface area contributed by atoms with Crippen LogP contribution in [-0.4, -0.2) is 31.3 Å². The molecule has 1 unspecified atom stereocenters. The van der Waals surface area contributed by atoms with Crippen molar-refractivity contribution < 1.29 is 9.90 Å². The van der Waals surface area contributed by atoms with Crippen LogP contribution in [0, 0.1) is 5.41 Å². The van der Waals surface area contributed by atoms with Gasteiger partial charge < -0.3 is 10.0 Å². The second kappa shape index (κ2) is 4.85. The molecule has 0 saturated carbocycles. The highest BCUT2D eigenvalue weighted by atomic mass is 16.3. The average Bonchev–Trinajstić information content (AvgIpc) is 2.26. The molecular weight excluding hydrogens is 240 g/mol. The Kier molecular flexibility index (Phi) is 3.54. The van der Waals surface area contributed by atoms with Crippen LogP contribution in [0.3, 0.4) is 0 Å². The van der Waals surface area contributed by atoms with Crippen molar-refractivity contribution in [2.24, 2.45) is 5.41 Å². The standard InChI is InChI=1S/C15H22N2O2/c1-15(2)9-13(18)17(14(19)10-15)12-7-5-11(6-8-12)16(3)4/h5-8,13,18H,9-10H2,1-4H3. The molecule has 0 aromatic heterocycles. The lowest BCUT2D eigenvalue weighted by Crippen LogP contribution is -2.49. The molecule has 1 amide bonds. The number of piperidine rings is 1. The highest BCUT2D eigenvalue weighted by molar-refractivity contribution is 5.95. The summed E-state index contributed by atoms with van der Waals surface area (Å²) in [4.78, 5) is 15.7. The van der Waals surface area contributed by atoms with Crippen molar-refractivity contribution >= 4 is 17.3 Å². The lowest BCUT2D eigenvalue weighted by atomic mass is 9.81. The van der Waals surface area contributed by atoms with Crippen molar-refractivity contribution in [3.63, 3.8) is 0 Å². The maximum absolute atomic E-state index is 12.2. The van der Waals surface area contributed by atoms with Crippen LogP contribution >= 0.6 is 0 Å². The second-order valence-electron chi connectivity index (χ2n) is 6.20. The highest BCUT2D eigenvalue weighted by Crippen LogP contribution is 2.36. The minimum absolute atomic E-state index is 0.0126. The van der Waals surface area contributed by atoms with Crippen LogP contribution in [0.25, 0.3) is 0 Å². The van der Waals surface area contributed by atoms with Gasteiger partial charge in [-0.1, -0.05) is 13.8 Å². The predicted octanol–water partition coefficient (Wildman–Crippen LogP) is 2.22. The summed E-state index contributed by atoms with van der Waals surface area (Å²) in [5.41, 5.74) is 1.71. The van der Waals surface area contributed by atoms with Gasteiger partial charge in [0.05, 0.1) is 0 Å². The number of anilines is 2. The van der Waals surface area contributed by atoms with E-state index < -0.39 is 6.23 Å². The van der Waals surface area contributed by atoms with Crippen molar-refractivity contribution in [1.29, 1.82) is 0 Å². The third-order valence-electron chi connectivity index (χ3n) is 3.58. The number of hydrogen-bond donors (Lipinski definition) is 1. The van der Waals surface area contributed by atoms with Gasteiger partial charge in [-0.2, -0.15) is 0 Å². The van der Waals surface area contributed by atoms with Gasteiger partial charge in [0.25, 0.3) is 0 Å². The van der Waals surface area contributed by atoms with Crippen molar-refractivity contribution in [2.45, 2.75) is 32.9 Å². The Balaban J connectivity index is 2.24. The molecule has 1 saturated heterocycles. The van der Waals surface area contributed by atoms with E-state index in [9.17, 15) is 9.90 Å². The average molecular weight is 262 g/mol. The number of nitrogens with zero attached hydrogens (tertiary/aromatic N) is 2. The van der Waals surface area contributed by atoms with Crippen molar-refractivity contribution in [1.82, 2.24) is 0 Å². The summed E-state index contributed by atoms with van der Waals surface area (Å²) in [6, 6.07) is 7.67. The number of carbonyl (C=O) groups excluding carboxylic acids is 1. The van der Waals surface area contributed by atoms with Crippen LogP contribution in [0.5, 0.6) is 0 Å². The number of benzene rings is 1. The lowest BCUT2D eigenvalue weighted by Gasteiger charge is -2.40. The molecule has 2 rings (SSSR count). The third-order valence-corrected chi connectivity index (χ3v) is 3.58. The van der Waals surface area contributed by atoms with Crippen molar-refractivity contribution in [2.75, 3.05) is 23.9 Å². The van der Waals surface area contributed by atoms with Gasteiger partial charge in [0.2, 0.25) is 5.91 Å². The topological polar surface area (TPSA) is 43.8 Å². The van der Waals surface area contributed by atoms with E-state index in [0.29, 0.717) is 12.8 Å². The molecule has 0 spiro atoms. The maximum Gasteiger partial charge on any atom is 0.229 e. The monoisotopic (exact) mass is 262 g/mol. The fourth-order valence-corrected chi connectivity index (χ4v) is 2.55. The van der Waals surface area contributed by atoms with Crippen LogP contribution in [0.2, 0.25) is 0 Å². The predicted molar refractivity (Wildman–Crippen MR) is 77.3 cm³/mol. The van der Waals surface area contributed by atoms with Crippen LogP contribution in [0.1, 0.15) is 26.7 Å². The first-order chi connectivity index (χ1) is 8.80. The molecule has 1 aromatic rings. The third kappa shape index (κ3) is 2.89. The Morgan fingerprint density at radius 3 is 2.32 bits per heavy atom. The zero-order chi connectivity index (χ0) is 14.2. The van der Waals surface area contributed by atoms with Gasteiger partial charge in [-0.25, -0.2) is 0 Å². The Hall–Kier alpha value is -1.55. The Morgan fingerprint density at radius 2 is 1.84 bits per heavy atom. The van der Waals surface area contributed by atoms with E-state index in [4.69, 9.17) is 0 Å². The van der Waals surface area contributed by atoms with Gasteiger partial charge >= 0.3 is 0 Å². The molecule has 1 aromatic carbocycles. The van der Waals surface area contributed by atoms with E-state index in [1.165, 1.54) is 4.90 Å². The van der Waals surface area contributed by atoms with Gasteiger partial charge in [0.1, 0.15) is 6.23 Å². The fourth-order valence-electron chi connectivity index (χ4n) is 2.55. The SMILES string of the molecule is CN(C)c1ccc(N2C(=O)CC(C)(C)CC2O)cc1. The van der Waals surface area contributed by atoms with E-state index in [-0.39, 0.29) is 11.3 Å². The second-order valence-corrected chi connectivity index (χ2v) is 6.20. The first-order valence-electron chi connectivity index (χ1n) is 6.58. The normalized spacial score (nSPS) is 22.5. The minimum atomic E-state index is -0.735. The van der Waals surface area contributed by atoms with E-state index in [1.807, 2.05) is 57.1 Å². The summed E-state index contributed by atoms with van der Waals surface area (Å²) in [5, 5.41) is 10.2. The summed E-state index contributed by atoms with van der Waals surface area (Å²) < 4.78 is 0. The molecule has 0 aliphatic carbocycles. The van der Waals surface area contributed by atoms with Crippen molar-refractivity contribution in [3.8, 4) is 0 Å². The van der Waals surface area contributed by atoms with Crippen LogP contribution in [-0.2, 0) is 4.79 Å². The first kappa shape index (κ1) is 13.9. The van der Waals surface area contributed by atoms with Gasteiger partial charge in [-0.05, 0) is 36.1 Å². The van der Waals surface area contributed by atoms with Crippen molar-refractivity contribution in [3.05, 3.63) is 24.3 Å². The molecule has 1 aliphatic rings. The largest absolute Gasteiger partial charge is 0.378 e. The lowest BCUT2D eigenvalue weighted by molar-refractivity contribution is -0.126. The molecule has 19 heavy (non-hydrogen) atoms. The van der Waals surface area contributed by atoms with Gasteiger partial charge in [0.15, 0.2) is 0 Å². The quantitative estimate of drug-likeness (QED) is 0.889. The first-order valence-corrected chi connectivity index (χ1v) is 6.58. The summed E-state index contributed by atoms with van der Waals surface area (Å²) in [6.07, 6.45) is 0.342. The van der Waals surface area contributed by atoms with Crippen LogP contribution < -0.4 is 9.80 Å². The number of aliphatic hydroxyl groups is 1. The molecule has 1 atom stereocenters. The fraction of sp³-hybridized carbons (Fsp3) is 0.533. The Bertz CT molecular complexity index is 466. The van der Waals surface area contributed by atoms with E-state index in [2.05, 4.69) is 0 Å². The molecule has 4 heteroatoms. The maximum atomic E-state index is 12.2. The molecule has 0 radical (unpaired) electrons. The molecule has 1 heterocycles. The molecule has 1 fully saturated rings. The molecular formula is C15H22N2O2. The number of aliphatic hydroxyl groups excluding tert-OH is 1. The summed E-state index contributed by atoms with van der Waals surface area (Å²) in [6.45, 7) is 4.03. The summed E-state index contributed by atoms with van der Waals surface area (Å²) in [5.74, 6) is -0.0126. The number of amides is 1. The van der Waals surface area contributed by atoms with Crippen LogP contribution in [0.15, 0.2) is 24.3 Å². The number of hydrogen-bond acceptors (Lipinski definition) is 3. The zero-order valence-corrected chi connectivity index (χ0v) is 12.1. The number of rotatable bonds is 2. The molecule has 4 nitrogen and oxygen atoms in total. The van der Waals surface area contributed by atoms with Crippen LogP contribution in [0.4, 0.5) is 11.4 Å². The molecule has 0 bridgehead atoms. The van der Waals surface area contributed by atoms with Gasteiger partial charge in [-0.3, -0.25) is 9.69 Å². The summed E-state index contributed by atoms with van der Waals surface area (Å²) >= 11 is 0. The smallest absolute Gasteiger partial charge is 0.229 e. The zero-order valence-electron chi connectivity index (χ0n) is 12.1. The Labute approximate surface area is 114 Å². The number of carbonyl (C=O) groups is 1. The molecule has 1 aliphatic heterocycles. The molecule has 104 valence electrons. The minimum Gasteiger partial charge on any atom is -0.378 e. The van der Waals surface area contributed by atoms with E-state index in [1.54, 1.807) is 0 Å².